The highest BCUT2D eigenvalue weighted by atomic mass is 35.5. The fourth-order valence-electron chi connectivity index (χ4n) is 4.82. The van der Waals surface area contributed by atoms with Crippen LogP contribution in [0, 0.1) is 6.92 Å². The van der Waals surface area contributed by atoms with Gasteiger partial charge in [0.25, 0.3) is 5.91 Å². The first-order chi connectivity index (χ1) is 16.0. The van der Waals surface area contributed by atoms with Gasteiger partial charge in [-0.2, -0.15) is 0 Å². The summed E-state index contributed by atoms with van der Waals surface area (Å²) >= 11 is 7.39. The number of hydrogen-bond acceptors (Lipinski definition) is 5. The highest BCUT2D eigenvalue weighted by Gasteiger charge is 2.47. The van der Waals surface area contributed by atoms with Crippen molar-refractivity contribution in [3.8, 4) is 10.6 Å². The van der Waals surface area contributed by atoms with Crippen LogP contribution in [0.4, 0.5) is 0 Å². The number of aliphatic hydroxyl groups excluding tert-OH is 1. The Hall–Kier alpha value is -2.96. The standard InChI is InChI=1S/C26H23ClN2O3S/c1-15-24(33-25(28-15)17-7-3-2-4-8-17)22(30)20-21(16-11-13-18(27)14-12-16)29(26(32)23(20)31)19-9-5-6-10-19/h2-4,7-8,11-14,19,21,31H,5-6,9-10H2,1H3. The first-order valence-electron chi connectivity index (χ1n) is 11.0. The van der Waals surface area contributed by atoms with Gasteiger partial charge in [-0.25, -0.2) is 4.98 Å². The molecule has 1 aliphatic heterocycles. The van der Waals surface area contributed by atoms with E-state index in [9.17, 15) is 14.7 Å². The van der Waals surface area contributed by atoms with Crippen molar-refractivity contribution in [1.29, 1.82) is 0 Å². The van der Waals surface area contributed by atoms with Crippen molar-refractivity contribution in [3.05, 3.63) is 87.1 Å². The third-order valence-corrected chi connectivity index (χ3v) is 7.87. The van der Waals surface area contributed by atoms with Crippen LogP contribution < -0.4 is 0 Å². The lowest BCUT2D eigenvalue weighted by atomic mass is 9.94. The Morgan fingerprint density at radius 1 is 1.09 bits per heavy atom. The number of benzene rings is 2. The van der Waals surface area contributed by atoms with E-state index in [0.717, 1.165) is 41.8 Å². The number of nitrogens with zero attached hydrogens (tertiary/aromatic N) is 2. The third kappa shape index (κ3) is 3.87. The van der Waals surface area contributed by atoms with Crippen molar-refractivity contribution in [2.75, 3.05) is 0 Å². The molecule has 0 bridgehead atoms. The second kappa shape index (κ2) is 8.76. The molecule has 3 aromatic rings. The zero-order valence-electron chi connectivity index (χ0n) is 18.1. The van der Waals surface area contributed by atoms with Gasteiger partial charge in [-0.05, 0) is 37.5 Å². The molecule has 5 rings (SSSR count). The number of amides is 1. The average molecular weight is 479 g/mol. The number of aliphatic hydroxyl groups is 1. The van der Waals surface area contributed by atoms with E-state index in [1.54, 1.807) is 24.0 Å². The maximum absolute atomic E-state index is 13.8. The van der Waals surface area contributed by atoms with Crippen LogP contribution in [0.25, 0.3) is 10.6 Å². The SMILES string of the molecule is Cc1nc(-c2ccccc2)sc1C(=O)C1=C(O)C(=O)N(C2CCCC2)C1c1ccc(Cl)cc1. The molecule has 1 aliphatic carbocycles. The number of halogens is 1. The topological polar surface area (TPSA) is 70.5 Å². The summed E-state index contributed by atoms with van der Waals surface area (Å²) in [7, 11) is 0. The number of carbonyl (C=O) groups is 2. The molecule has 1 aromatic heterocycles. The van der Waals surface area contributed by atoms with E-state index >= 15 is 0 Å². The summed E-state index contributed by atoms with van der Waals surface area (Å²) in [4.78, 5) is 33.8. The molecule has 0 spiro atoms. The highest BCUT2D eigenvalue weighted by molar-refractivity contribution is 7.17. The normalized spacial score (nSPS) is 19.0. The number of aryl methyl sites for hydroxylation is 1. The first kappa shape index (κ1) is 21.9. The van der Waals surface area contributed by atoms with E-state index < -0.39 is 17.7 Å². The summed E-state index contributed by atoms with van der Waals surface area (Å²) in [5.74, 6) is -1.28. The Kier molecular flexibility index (Phi) is 5.81. The second-order valence-corrected chi connectivity index (χ2v) is 9.93. The van der Waals surface area contributed by atoms with Crippen LogP contribution in [0.5, 0.6) is 0 Å². The number of aromatic nitrogens is 1. The maximum Gasteiger partial charge on any atom is 0.290 e. The summed E-state index contributed by atoms with van der Waals surface area (Å²) in [6, 6.07) is 16.2. The Balaban J connectivity index is 1.59. The monoisotopic (exact) mass is 478 g/mol. The van der Waals surface area contributed by atoms with Crippen LogP contribution in [-0.2, 0) is 4.79 Å². The van der Waals surface area contributed by atoms with Crippen molar-refractivity contribution in [1.82, 2.24) is 9.88 Å². The maximum atomic E-state index is 13.8. The van der Waals surface area contributed by atoms with Crippen LogP contribution in [-0.4, -0.2) is 32.7 Å². The molecule has 1 amide bonds. The quantitative estimate of drug-likeness (QED) is 0.437. The molecule has 1 atom stereocenters. The highest BCUT2D eigenvalue weighted by Crippen LogP contribution is 2.44. The lowest BCUT2D eigenvalue weighted by molar-refractivity contribution is -0.131. The van der Waals surface area contributed by atoms with Gasteiger partial charge in [-0.15, -0.1) is 11.3 Å². The summed E-state index contributed by atoms with van der Waals surface area (Å²) in [5.41, 5.74) is 2.40. The van der Waals surface area contributed by atoms with Gasteiger partial charge in [-0.3, -0.25) is 9.59 Å². The van der Waals surface area contributed by atoms with E-state index in [-0.39, 0.29) is 17.4 Å². The van der Waals surface area contributed by atoms with Crippen molar-refractivity contribution in [2.45, 2.75) is 44.7 Å². The fourth-order valence-corrected chi connectivity index (χ4v) is 5.97. The average Bonchev–Trinajstić information content (AvgIpc) is 3.54. The van der Waals surface area contributed by atoms with Gasteiger partial charge in [0.15, 0.2) is 5.76 Å². The number of ketones is 1. The van der Waals surface area contributed by atoms with Crippen LogP contribution in [0.15, 0.2) is 65.9 Å². The molecule has 1 fully saturated rings. The molecule has 1 unspecified atom stereocenters. The van der Waals surface area contributed by atoms with Gasteiger partial charge in [0.1, 0.15) is 5.01 Å². The predicted molar refractivity (Wildman–Crippen MR) is 130 cm³/mol. The third-order valence-electron chi connectivity index (χ3n) is 6.42. The predicted octanol–water partition coefficient (Wildman–Crippen LogP) is 6.29. The van der Waals surface area contributed by atoms with E-state index in [2.05, 4.69) is 4.98 Å². The van der Waals surface area contributed by atoms with Crippen LogP contribution >= 0.6 is 22.9 Å². The van der Waals surface area contributed by atoms with Gasteiger partial charge in [0.2, 0.25) is 5.78 Å². The van der Waals surface area contributed by atoms with Gasteiger partial charge in [0.05, 0.1) is 22.2 Å². The summed E-state index contributed by atoms with van der Waals surface area (Å²) in [6.45, 7) is 1.79. The largest absolute Gasteiger partial charge is 0.503 e. The van der Waals surface area contributed by atoms with E-state index in [4.69, 9.17) is 11.6 Å². The Morgan fingerprint density at radius 3 is 2.42 bits per heavy atom. The molecule has 0 radical (unpaired) electrons. The Morgan fingerprint density at radius 2 is 1.76 bits per heavy atom. The van der Waals surface area contributed by atoms with Crippen LogP contribution in [0.3, 0.4) is 0 Å². The molecule has 2 heterocycles. The molecule has 7 heteroatoms. The Labute approximate surface area is 201 Å². The first-order valence-corrected chi connectivity index (χ1v) is 12.2. The molecule has 1 N–H and O–H groups in total. The summed E-state index contributed by atoms with van der Waals surface area (Å²) in [6.07, 6.45) is 3.78. The Bertz CT molecular complexity index is 1240. The number of rotatable bonds is 5. The van der Waals surface area contributed by atoms with Crippen molar-refractivity contribution < 1.29 is 14.7 Å². The molecule has 33 heavy (non-hydrogen) atoms. The lowest BCUT2D eigenvalue weighted by Gasteiger charge is -2.32. The number of hydrogen-bond donors (Lipinski definition) is 1. The molecule has 5 nitrogen and oxygen atoms in total. The summed E-state index contributed by atoms with van der Waals surface area (Å²) in [5, 5.41) is 12.3. The lowest BCUT2D eigenvalue weighted by Crippen LogP contribution is -2.38. The summed E-state index contributed by atoms with van der Waals surface area (Å²) < 4.78 is 0. The minimum Gasteiger partial charge on any atom is -0.503 e. The van der Waals surface area contributed by atoms with Crippen molar-refractivity contribution in [2.24, 2.45) is 0 Å². The minimum atomic E-state index is -0.646. The second-order valence-electron chi connectivity index (χ2n) is 8.50. The van der Waals surface area contributed by atoms with E-state index in [0.29, 0.717) is 15.6 Å². The van der Waals surface area contributed by atoms with E-state index in [1.807, 2.05) is 42.5 Å². The van der Waals surface area contributed by atoms with Crippen LogP contribution in [0.1, 0.15) is 52.7 Å². The molecule has 2 aromatic carbocycles. The number of thiazole rings is 1. The van der Waals surface area contributed by atoms with E-state index in [1.165, 1.54) is 11.3 Å². The van der Waals surface area contributed by atoms with Crippen molar-refractivity contribution in [3.63, 3.8) is 0 Å². The van der Waals surface area contributed by atoms with Gasteiger partial charge >= 0.3 is 0 Å². The number of Topliss-reactive ketones (excluding diaryl/α,β-unsaturated/α-hetero) is 1. The number of carbonyl (C=O) groups excluding carboxylic acids is 2. The molecular weight excluding hydrogens is 456 g/mol. The van der Waals surface area contributed by atoms with Gasteiger partial charge in [-0.1, -0.05) is 66.9 Å². The zero-order valence-corrected chi connectivity index (χ0v) is 19.7. The smallest absolute Gasteiger partial charge is 0.290 e. The molecule has 1 saturated carbocycles. The van der Waals surface area contributed by atoms with Crippen molar-refractivity contribution >= 4 is 34.6 Å². The molecule has 168 valence electrons. The van der Waals surface area contributed by atoms with Crippen LogP contribution in [0.2, 0.25) is 5.02 Å². The molecule has 0 saturated heterocycles. The fraction of sp³-hybridized carbons (Fsp3) is 0.269. The molecule has 2 aliphatic rings. The van der Waals surface area contributed by atoms with Gasteiger partial charge in [0, 0.05) is 16.6 Å². The zero-order chi connectivity index (χ0) is 23.1. The minimum absolute atomic E-state index is 0.00642. The molecular formula is C26H23ClN2O3S. The van der Waals surface area contributed by atoms with Gasteiger partial charge < -0.3 is 10.0 Å².